The quantitative estimate of drug-likeness (QED) is 0.250. The van der Waals surface area contributed by atoms with Crippen LogP contribution in [0.15, 0.2) is 0 Å². The van der Waals surface area contributed by atoms with Gasteiger partial charge in [0, 0.05) is 0 Å². The van der Waals surface area contributed by atoms with Crippen molar-refractivity contribution in [1.29, 1.82) is 0 Å². The van der Waals surface area contributed by atoms with Gasteiger partial charge in [-0.2, -0.15) is 0 Å². The summed E-state index contributed by atoms with van der Waals surface area (Å²) in [5.74, 6) is -16.8. The van der Waals surface area contributed by atoms with E-state index in [1.54, 1.807) is 0 Å². The number of carbonyl (C=O) groups is 9. The van der Waals surface area contributed by atoms with Gasteiger partial charge in [-0.1, -0.05) is 0 Å². The zero-order chi connectivity index (χ0) is 25.3. The first-order chi connectivity index (χ1) is 13.9. The second-order valence-electron chi connectivity index (χ2n) is 7.11. The average Bonchev–Trinajstić information content (AvgIpc) is 2.52. The van der Waals surface area contributed by atoms with Crippen molar-refractivity contribution < 1.29 is 58.5 Å². The molecule has 3 N–H and O–H groups in total. The molecule has 31 heavy (non-hydrogen) atoms. The van der Waals surface area contributed by atoms with Gasteiger partial charge in [0.1, 0.15) is 47.5 Å². The molecule has 0 bridgehead atoms. The normalized spacial score (nSPS) is 11.8. The Morgan fingerprint density at radius 3 is 0.613 bits per heavy atom. The van der Waals surface area contributed by atoms with E-state index >= 15 is 0 Å². The van der Waals surface area contributed by atoms with Crippen LogP contribution in [0.3, 0.4) is 0 Å². The highest BCUT2D eigenvalue weighted by Crippen LogP contribution is 2.58. The monoisotopic (exact) mass is 456 g/mol. The van der Waals surface area contributed by atoms with Crippen LogP contribution in [-0.4, -0.2) is 82.1 Å². The fraction of sp³-hybridized carbons (Fsp3) is 0.500. The van der Waals surface area contributed by atoms with Crippen LogP contribution in [-0.2, 0) is 43.2 Å². The SMILES string of the molecule is CC(=O)[C](C(C)=O)(C(=O)O)[Al]([C](C(C)=O)(C(C)=O)C(=O)O)[C](C(C)=O)(C(C)=O)C(=O)O. The third-order valence-electron chi connectivity index (χ3n) is 5.64. The first kappa shape index (κ1) is 28.0. The minimum Gasteiger partial charge on any atom is -0.481 e. The largest absolute Gasteiger partial charge is 0.481 e. The molecule has 0 saturated carbocycles. The van der Waals surface area contributed by atoms with Gasteiger partial charge in [-0.05, 0) is 41.5 Å². The summed E-state index contributed by atoms with van der Waals surface area (Å²) < 4.78 is -10.8. The lowest BCUT2D eigenvalue weighted by Crippen LogP contribution is -2.70. The second-order valence-corrected chi connectivity index (χ2v) is 10.6. The van der Waals surface area contributed by atoms with Gasteiger partial charge in [-0.25, -0.2) is 0 Å². The maximum atomic E-state index is 12.6. The Hall–Kier alpha value is -3.04. The third kappa shape index (κ3) is 3.53. The minimum atomic E-state index is -5.40. The lowest BCUT2D eigenvalue weighted by molar-refractivity contribution is -0.149. The van der Waals surface area contributed by atoms with E-state index in [1.807, 2.05) is 0 Å². The molecule has 0 unspecified atom stereocenters. The summed E-state index contributed by atoms with van der Waals surface area (Å²) in [6.07, 6.45) is 0. The van der Waals surface area contributed by atoms with Gasteiger partial charge in [0.25, 0.3) is 0 Å². The third-order valence-corrected chi connectivity index (χ3v) is 11.4. The first-order valence-electron chi connectivity index (χ1n) is 8.62. The van der Waals surface area contributed by atoms with Crippen LogP contribution >= 0.6 is 0 Å². The van der Waals surface area contributed by atoms with Crippen molar-refractivity contribution in [1.82, 2.24) is 0 Å². The second kappa shape index (κ2) is 8.99. The summed E-state index contributed by atoms with van der Waals surface area (Å²) in [5.41, 5.74) is 0. The van der Waals surface area contributed by atoms with E-state index in [4.69, 9.17) is 0 Å². The van der Waals surface area contributed by atoms with Gasteiger partial charge in [-0.3, -0.25) is 43.2 Å². The topological polar surface area (TPSA) is 214 Å². The lowest BCUT2D eigenvalue weighted by Gasteiger charge is -2.44. The molecule has 0 radical (unpaired) electrons. The maximum Gasteiger partial charge on any atom is 0.405 e. The van der Waals surface area contributed by atoms with Crippen molar-refractivity contribution in [2.75, 3.05) is 0 Å². The summed E-state index contributed by atoms with van der Waals surface area (Å²) in [7, 11) is 0. The fourth-order valence-corrected chi connectivity index (χ4v) is 9.34. The minimum absolute atomic E-state index is 0.509. The maximum absolute atomic E-state index is 12.6. The Kier molecular flexibility index (Phi) is 8.11. The number of hydrogen-bond donors (Lipinski definition) is 3. The fourth-order valence-electron chi connectivity index (χ4n) is 4.21. The highest BCUT2D eigenvalue weighted by atomic mass is 27.2. The van der Waals surface area contributed by atoms with Crippen LogP contribution in [0.2, 0.25) is 12.8 Å². The summed E-state index contributed by atoms with van der Waals surface area (Å²) in [4.78, 5) is 113. The van der Waals surface area contributed by atoms with E-state index in [2.05, 4.69) is 0 Å². The highest BCUT2D eigenvalue weighted by molar-refractivity contribution is 6.97. The van der Waals surface area contributed by atoms with Gasteiger partial charge >= 0.3 is 32.1 Å². The van der Waals surface area contributed by atoms with E-state index < -0.39 is 79.6 Å². The molecule has 0 aromatic carbocycles. The van der Waals surface area contributed by atoms with E-state index in [0.717, 1.165) is 0 Å². The summed E-state index contributed by atoms with van der Waals surface area (Å²) in [5, 5.41) is 29.7. The molecule has 0 aliphatic heterocycles. The summed E-state index contributed by atoms with van der Waals surface area (Å²) >= 11 is -5.40. The van der Waals surface area contributed by atoms with Gasteiger partial charge in [-0.15, -0.1) is 0 Å². The number of aliphatic carboxylic acids is 3. The Balaban J connectivity index is 8.71. The highest BCUT2D eigenvalue weighted by Gasteiger charge is 2.82. The number of rotatable bonds is 12. The number of Topliss-reactive ketones (excluding diaryl/α,β-unsaturated/α-hetero) is 6. The standard InChI is InChI=1S/3C6H7O4.Al/c3*1-3(7)5(4(2)8)6(9)10;/h3*1-2H3,(H,9,10);. The van der Waals surface area contributed by atoms with Gasteiger partial charge in [0.15, 0.2) is 0 Å². The van der Waals surface area contributed by atoms with Crippen LogP contribution in [0, 0.1) is 0 Å². The molecule has 0 aliphatic rings. The molecule has 0 rings (SSSR count). The molecule has 0 aromatic rings. The number of carboxylic acids is 3. The first-order valence-corrected chi connectivity index (χ1v) is 10.4. The van der Waals surface area contributed by atoms with E-state index in [9.17, 15) is 58.5 Å². The zero-order valence-electron chi connectivity index (χ0n) is 17.6. The van der Waals surface area contributed by atoms with Crippen molar-refractivity contribution in [3.05, 3.63) is 0 Å². The van der Waals surface area contributed by atoms with Crippen molar-refractivity contribution in [3.63, 3.8) is 0 Å². The smallest absolute Gasteiger partial charge is 0.405 e. The number of hydrogen-bond acceptors (Lipinski definition) is 9. The number of ketones is 6. The lowest BCUT2D eigenvalue weighted by atomic mass is 9.95. The predicted molar refractivity (Wildman–Crippen MR) is 101 cm³/mol. The Bertz CT molecular complexity index is 701. The molecule has 0 saturated heterocycles. The molecule has 0 aromatic heterocycles. The average molecular weight is 456 g/mol. The van der Waals surface area contributed by atoms with Crippen molar-refractivity contribution in [2.45, 2.75) is 54.4 Å². The Morgan fingerprint density at radius 2 is 0.548 bits per heavy atom. The molecule has 0 heterocycles. The van der Waals surface area contributed by atoms with Gasteiger partial charge in [0.05, 0.1) is 0 Å². The summed E-state index contributed by atoms with van der Waals surface area (Å²) in [6.45, 7) is 3.06. The molecule has 168 valence electrons. The van der Waals surface area contributed by atoms with Crippen LogP contribution in [0.1, 0.15) is 41.5 Å². The van der Waals surface area contributed by atoms with E-state index in [1.165, 1.54) is 0 Å². The van der Waals surface area contributed by atoms with Crippen molar-refractivity contribution >= 4 is 66.8 Å². The van der Waals surface area contributed by atoms with E-state index in [0.29, 0.717) is 41.5 Å². The molecule has 0 aliphatic carbocycles. The predicted octanol–water partition coefficient (Wildman–Crippen LogP) is -0.510. The van der Waals surface area contributed by atoms with Gasteiger partial charge in [0.2, 0.25) is 0 Å². The van der Waals surface area contributed by atoms with Crippen LogP contribution in [0.25, 0.3) is 0 Å². The van der Waals surface area contributed by atoms with Crippen molar-refractivity contribution in [3.8, 4) is 0 Å². The molecule has 0 amide bonds. The number of carboxylic acid groups (broad SMARTS) is 3. The van der Waals surface area contributed by atoms with Crippen LogP contribution in [0.5, 0.6) is 0 Å². The van der Waals surface area contributed by atoms with Crippen LogP contribution < -0.4 is 0 Å². The molecule has 12 nitrogen and oxygen atoms in total. The molecular formula is C18H21AlO12. The molecule has 0 spiro atoms. The number of carbonyl (C=O) groups excluding carboxylic acids is 6. The Labute approximate surface area is 180 Å². The van der Waals surface area contributed by atoms with Gasteiger partial charge < -0.3 is 15.3 Å². The zero-order valence-corrected chi connectivity index (χ0v) is 18.7. The molecular weight excluding hydrogens is 435 g/mol. The van der Waals surface area contributed by atoms with E-state index in [-0.39, 0.29) is 0 Å². The summed E-state index contributed by atoms with van der Waals surface area (Å²) in [6, 6.07) is 0. The van der Waals surface area contributed by atoms with Crippen LogP contribution in [0.4, 0.5) is 0 Å². The molecule has 0 fully saturated rings. The Morgan fingerprint density at radius 1 is 0.419 bits per heavy atom. The molecule has 0 atom stereocenters. The molecule has 13 heteroatoms. The van der Waals surface area contributed by atoms with Crippen molar-refractivity contribution in [2.24, 2.45) is 0 Å².